The molecule has 0 aromatic heterocycles. The Bertz CT molecular complexity index is 502. The van der Waals surface area contributed by atoms with Gasteiger partial charge in [0.1, 0.15) is 5.82 Å². The van der Waals surface area contributed by atoms with Gasteiger partial charge in [-0.2, -0.15) is 0 Å². The van der Waals surface area contributed by atoms with Crippen molar-refractivity contribution in [3.63, 3.8) is 0 Å². The molecule has 1 aliphatic rings. The minimum Gasteiger partial charge on any atom is -0.339 e. The summed E-state index contributed by atoms with van der Waals surface area (Å²) in [6.07, 6.45) is 2.10. The molecule has 1 aromatic rings. The lowest BCUT2D eigenvalue weighted by atomic mass is 9.75. The first-order valence-corrected chi connectivity index (χ1v) is 8.11. The molecule has 0 radical (unpaired) electrons. The zero-order valence-electron chi connectivity index (χ0n) is 12.2. The molecule has 1 fully saturated rings. The number of nitrogens with zero attached hydrogens (tertiary/aromatic N) is 1. The van der Waals surface area contributed by atoms with Gasteiger partial charge in [0, 0.05) is 16.7 Å². The van der Waals surface area contributed by atoms with Crippen LogP contribution in [0.4, 0.5) is 4.39 Å². The molecule has 20 heavy (non-hydrogen) atoms. The standard InChI is InChI=1S/C16H21FINO/c1-16(2,3)11-6-8-19(9-7-11)15(20)13-5-4-12(17)10-14(13)18/h4-5,10-11H,6-9H2,1-3H3. The molecule has 1 saturated heterocycles. The van der Waals surface area contributed by atoms with Gasteiger partial charge in [0.15, 0.2) is 0 Å². The monoisotopic (exact) mass is 389 g/mol. The molecule has 1 aromatic carbocycles. The Morgan fingerprint density at radius 2 is 1.90 bits per heavy atom. The lowest BCUT2D eigenvalue weighted by Crippen LogP contribution is -2.41. The Balaban J connectivity index is 2.05. The molecule has 1 aliphatic heterocycles. The molecule has 1 heterocycles. The zero-order valence-corrected chi connectivity index (χ0v) is 14.4. The molecular formula is C16H21FINO. The van der Waals surface area contributed by atoms with E-state index in [0.29, 0.717) is 20.5 Å². The average Bonchev–Trinajstić information content (AvgIpc) is 2.37. The fraction of sp³-hybridized carbons (Fsp3) is 0.562. The predicted molar refractivity (Wildman–Crippen MR) is 87.2 cm³/mol. The summed E-state index contributed by atoms with van der Waals surface area (Å²) >= 11 is 2.03. The Morgan fingerprint density at radius 1 is 1.30 bits per heavy atom. The molecule has 2 rings (SSSR count). The van der Waals surface area contributed by atoms with Crippen molar-refractivity contribution in [1.82, 2.24) is 4.90 Å². The quantitative estimate of drug-likeness (QED) is 0.655. The molecular weight excluding hydrogens is 368 g/mol. The molecule has 0 bridgehead atoms. The van der Waals surface area contributed by atoms with Gasteiger partial charge in [-0.05, 0) is 65.0 Å². The van der Waals surface area contributed by atoms with E-state index in [-0.39, 0.29) is 11.7 Å². The van der Waals surface area contributed by atoms with Gasteiger partial charge in [0.2, 0.25) is 0 Å². The van der Waals surface area contributed by atoms with Crippen molar-refractivity contribution in [2.75, 3.05) is 13.1 Å². The number of benzene rings is 1. The third kappa shape index (κ3) is 3.51. The van der Waals surface area contributed by atoms with Crippen LogP contribution in [0.25, 0.3) is 0 Å². The first kappa shape index (κ1) is 15.7. The van der Waals surface area contributed by atoms with Gasteiger partial charge in [-0.3, -0.25) is 4.79 Å². The van der Waals surface area contributed by atoms with Crippen LogP contribution in [0.2, 0.25) is 0 Å². The fourth-order valence-electron chi connectivity index (χ4n) is 2.78. The normalized spacial score (nSPS) is 17.4. The van der Waals surface area contributed by atoms with Crippen LogP contribution in [0.15, 0.2) is 18.2 Å². The molecule has 0 atom stereocenters. The van der Waals surface area contributed by atoms with Gasteiger partial charge >= 0.3 is 0 Å². The van der Waals surface area contributed by atoms with Crippen LogP contribution >= 0.6 is 22.6 Å². The summed E-state index contributed by atoms with van der Waals surface area (Å²) in [7, 11) is 0. The summed E-state index contributed by atoms with van der Waals surface area (Å²) < 4.78 is 13.8. The molecule has 0 aliphatic carbocycles. The van der Waals surface area contributed by atoms with Crippen molar-refractivity contribution in [1.29, 1.82) is 0 Å². The molecule has 2 nitrogen and oxygen atoms in total. The summed E-state index contributed by atoms with van der Waals surface area (Å²) in [5.74, 6) is 0.401. The van der Waals surface area contributed by atoms with Crippen LogP contribution in [-0.2, 0) is 0 Å². The Labute approximate surface area is 133 Å². The Kier molecular flexibility index (Phi) is 4.72. The van der Waals surface area contributed by atoms with Crippen molar-refractivity contribution in [2.45, 2.75) is 33.6 Å². The summed E-state index contributed by atoms with van der Waals surface area (Å²) in [5, 5.41) is 0. The third-order valence-electron chi connectivity index (χ3n) is 4.17. The summed E-state index contributed by atoms with van der Waals surface area (Å²) in [4.78, 5) is 14.4. The van der Waals surface area contributed by atoms with Crippen molar-refractivity contribution >= 4 is 28.5 Å². The Morgan fingerprint density at radius 3 is 2.40 bits per heavy atom. The van der Waals surface area contributed by atoms with Crippen LogP contribution in [0.3, 0.4) is 0 Å². The number of piperidine rings is 1. The summed E-state index contributed by atoms with van der Waals surface area (Å²) in [5.41, 5.74) is 0.917. The van der Waals surface area contributed by atoms with E-state index in [1.165, 1.54) is 12.1 Å². The summed E-state index contributed by atoms with van der Waals surface area (Å²) in [6, 6.07) is 4.36. The van der Waals surface area contributed by atoms with Crippen LogP contribution in [-0.4, -0.2) is 23.9 Å². The number of amides is 1. The van der Waals surface area contributed by atoms with Crippen LogP contribution in [0, 0.1) is 20.7 Å². The molecule has 110 valence electrons. The second kappa shape index (κ2) is 6.00. The lowest BCUT2D eigenvalue weighted by molar-refractivity contribution is 0.0607. The van der Waals surface area contributed by atoms with E-state index in [2.05, 4.69) is 20.8 Å². The average molecular weight is 389 g/mol. The Hall–Kier alpha value is -0.650. The molecule has 0 spiro atoms. The molecule has 0 saturated carbocycles. The molecule has 1 amide bonds. The van der Waals surface area contributed by atoms with Gasteiger partial charge in [0.25, 0.3) is 5.91 Å². The molecule has 0 N–H and O–H groups in total. The molecule has 0 unspecified atom stereocenters. The highest BCUT2D eigenvalue weighted by Crippen LogP contribution is 2.34. The minimum absolute atomic E-state index is 0.0294. The highest BCUT2D eigenvalue weighted by molar-refractivity contribution is 14.1. The van der Waals surface area contributed by atoms with Crippen LogP contribution < -0.4 is 0 Å². The van der Waals surface area contributed by atoms with Crippen LogP contribution in [0.1, 0.15) is 44.0 Å². The van der Waals surface area contributed by atoms with Crippen molar-refractivity contribution in [3.8, 4) is 0 Å². The number of carbonyl (C=O) groups is 1. The van der Waals surface area contributed by atoms with Crippen LogP contribution in [0.5, 0.6) is 0 Å². The minimum atomic E-state index is -0.294. The van der Waals surface area contributed by atoms with Gasteiger partial charge < -0.3 is 4.90 Å². The smallest absolute Gasteiger partial charge is 0.254 e. The maximum Gasteiger partial charge on any atom is 0.254 e. The van der Waals surface area contributed by atoms with E-state index < -0.39 is 0 Å². The van der Waals surface area contributed by atoms with E-state index in [1.54, 1.807) is 6.07 Å². The van der Waals surface area contributed by atoms with Gasteiger partial charge in [0.05, 0.1) is 5.56 Å². The van der Waals surface area contributed by atoms with E-state index in [1.807, 2.05) is 27.5 Å². The number of halogens is 2. The second-order valence-corrected chi connectivity index (χ2v) is 7.72. The zero-order chi connectivity index (χ0) is 14.9. The predicted octanol–water partition coefficient (Wildman–Crippen LogP) is 4.33. The second-order valence-electron chi connectivity index (χ2n) is 6.56. The number of rotatable bonds is 1. The maximum absolute atomic E-state index is 13.1. The lowest BCUT2D eigenvalue weighted by Gasteiger charge is -2.38. The number of hydrogen-bond acceptors (Lipinski definition) is 1. The van der Waals surface area contributed by atoms with E-state index in [4.69, 9.17) is 0 Å². The number of hydrogen-bond donors (Lipinski definition) is 0. The van der Waals surface area contributed by atoms with E-state index in [9.17, 15) is 9.18 Å². The third-order valence-corrected chi connectivity index (χ3v) is 5.06. The van der Waals surface area contributed by atoms with Gasteiger partial charge in [-0.25, -0.2) is 4.39 Å². The topological polar surface area (TPSA) is 20.3 Å². The van der Waals surface area contributed by atoms with Gasteiger partial charge in [-0.15, -0.1) is 0 Å². The van der Waals surface area contributed by atoms with Crippen molar-refractivity contribution in [2.24, 2.45) is 11.3 Å². The largest absolute Gasteiger partial charge is 0.339 e. The number of carbonyl (C=O) groups excluding carboxylic acids is 1. The van der Waals surface area contributed by atoms with Crippen molar-refractivity contribution in [3.05, 3.63) is 33.1 Å². The first-order chi connectivity index (χ1) is 9.29. The van der Waals surface area contributed by atoms with Gasteiger partial charge in [-0.1, -0.05) is 20.8 Å². The fourth-order valence-corrected chi connectivity index (χ4v) is 3.49. The SMILES string of the molecule is CC(C)(C)C1CCN(C(=O)c2ccc(F)cc2I)CC1. The first-order valence-electron chi connectivity index (χ1n) is 7.03. The molecule has 4 heteroatoms. The highest BCUT2D eigenvalue weighted by atomic mass is 127. The number of likely N-dealkylation sites (tertiary alicyclic amines) is 1. The maximum atomic E-state index is 13.1. The highest BCUT2D eigenvalue weighted by Gasteiger charge is 2.31. The van der Waals surface area contributed by atoms with E-state index >= 15 is 0 Å². The van der Waals surface area contributed by atoms with E-state index in [0.717, 1.165) is 25.9 Å². The summed E-state index contributed by atoms with van der Waals surface area (Å²) in [6.45, 7) is 8.39. The van der Waals surface area contributed by atoms with Crippen molar-refractivity contribution < 1.29 is 9.18 Å².